The molecule has 0 aromatic heterocycles. The van der Waals surface area contributed by atoms with E-state index in [1.165, 1.54) is 12.8 Å². The van der Waals surface area contributed by atoms with Gasteiger partial charge in [-0.2, -0.15) is 0 Å². The third-order valence-corrected chi connectivity index (χ3v) is 5.14. The van der Waals surface area contributed by atoms with Crippen LogP contribution in [0.2, 0.25) is 0 Å². The molecule has 106 valence electrons. The largest absolute Gasteiger partial charge is 0.341 e. The van der Waals surface area contributed by atoms with Crippen LogP contribution in [0.25, 0.3) is 0 Å². The lowest BCUT2D eigenvalue weighted by Gasteiger charge is -2.21. The molecular weight excluding hydrogens is 268 g/mol. The second-order valence-corrected chi connectivity index (χ2v) is 6.74. The van der Waals surface area contributed by atoms with E-state index in [-0.39, 0.29) is 17.7 Å². The molecule has 0 aromatic carbocycles. The Labute approximate surface area is 121 Å². The number of carbonyl (C=O) groups excluding carboxylic acids is 1. The van der Waals surface area contributed by atoms with E-state index < -0.39 is 0 Å². The lowest BCUT2D eigenvalue weighted by Crippen LogP contribution is -2.36. The van der Waals surface area contributed by atoms with Crippen LogP contribution in [0.4, 0.5) is 0 Å². The van der Waals surface area contributed by atoms with Crippen molar-refractivity contribution in [3.63, 3.8) is 0 Å². The molecule has 18 heavy (non-hydrogen) atoms. The van der Waals surface area contributed by atoms with Crippen molar-refractivity contribution in [2.45, 2.75) is 31.9 Å². The zero-order chi connectivity index (χ0) is 12.3. The van der Waals surface area contributed by atoms with E-state index in [1.54, 1.807) is 0 Å². The molecule has 2 aliphatic heterocycles. The van der Waals surface area contributed by atoms with Crippen LogP contribution < -0.4 is 5.32 Å². The Morgan fingerprint density at radius 2 is 2.00 bits per heavy atom. The second-order valence-electron chi connectivity index (χ2n) is 5.29. The molecule has 2 saturated heterocycles. The van der Waals surface area contributed by atoms with Crippen molar-refractivity contribution in [1.29, 1.82) is 0 Å². The van der Waals surface area contributed by atoms with E-state index in [4.69, 9.17) is 0 Å². The second kappa shape index (κ2) is 7.61. The van der Waals surface area contributed by atoms with Crippen molar-refractivity contribution < 1.29 is 4.79 Å². The van der Waals surface area contributed by atoms with Gasteiger partial charge in [0.25, 0.3) is 0 Å². The Balaban J connectivity index is 0.00000162. The molecule has 3 atom stereocenters. The minimum atomic E-state index is 0. The van der Waals surface area contributed by atoms with Gasteiger partial charge < -0.3 is 10.2 Å². The molecule has 2 fully saturated rings. The quantitative estimate of drug-likeness (QED) is 0.787. The summed E-state index contributed by atoms with van der Waals surface area (Å²) in [5.41, 5.74) is 0. The summed E-state index contributed by atoms with van der Waals surface area (Å²) < 4.78 is 0. The van der Waals surface area contributed by atoms with Gasteiger partial charge >= 0.3 is 0 Å². The van der Waals surface area contributed by atoms with E-state index in [0.717, 1.165) is 31.9 Å². The number of fused-ring (bicyclic) bond motifs is 1. The molecule has 2 rings (SSSR count). The van der Waals surface area contributed by atoms with Crippen LogP contribution in [0, 0.1) is 11.8 Å². The standard InChI is InChI=1S/C13H24N2OS.ClH/c1-3-4-5-17-10(2)13(16)15-8-11-6-14-7-12(11)9-15;/h10-12,14H,3-9H2,1-2H3;1H/t10?,11-,12+;. The average molecular weight is 293 g/mol. The van der Waals surface area contributed by atoms with Crippen molar-refractivity contribution in [1.82, 2.24) is 10.2 Å². The molecule has 0 aliphatic carbocycles. The molecule has 1 unspecified atom stereocenters. The van der Waals surface area contributed by atoms with Crippen molar-refractivity contribution >= 4 is 30.1 Å². The van der Waals surface area contributed by atoms with E-state index >= 15 is 0 Å². The van der Waals surface area contributed by atoms with E-state index in [2.05, 4.69) is 24.1 Å². The van der Waals surface area contributed by atoms with E-state index in [9.17, 15) is 4.79 Å². The molecule has 5 heteroatoms. The van der Waals surface area contributed by atoms with Crippen molar-refractivity contribution in [2.75, 3.05) is 31.9 Å². The zero-order valence-electron chi connectivity index (χ0n) is 11.4. The maximum absolute atomic E-state index is 12.3. The molecule has 3 nitrogen and oxygen atoms in total. The molecular formula is C13H25ClN2OS. The molecule has 0 bridgehead atoms. The van der Waals surface area contributed by atoms with Crippen molar-refractivity contribution in [3.05, 3.63) is 0 Å². The van der Waals surface area contributed by atoms with E-state index in [1.807, 2.05) is 11.8 Å². The number of likely N-dealkylation sites (tertiary alicyclic amines) is 1. The van der Waals surface area contributed by atoms with Gasteiger partial charge in [0.1, 0.15) is 0 Å². The van der Waals surface area contributed by atoms with Gasteiger partial charge in [0.15, 0.2) is 0 Å². The maximum Gasteiger partial charge on any atom is 0.235 e. The van der Waals surface area contributed by atoms with Crippen LogP contribution in [0.15, 0.2) is 0 Å². The van der Waals surface area contributed by atoms with Gasteiger partial charge in [-0.15, -0.1) is 24.2 Å². The first-order valence-electron chi connectivity index (χ1n) is 6.83. The maximum atomic E-state index is 12.3. The highest BCUT2D eigenvalue weighted by atomic mass is 35.5. The van der Waals surface area contributed by atoms with Gasteiger partial charge in [-0.1, -0.05) is 13.3 Å². The summed E-state index contributed by atoms with van der Waals surface area (Å²) >= 11 is 1.82. The Hall–Kier alpha value is 0.0700. The monoisotopic (exact) mass is 292 g/mol. The summed E-state index contributed by atoms with van der Waals surface area (Å²) in [6.45, 7) is 8.43. The first kappa shape index (κ1) is 16.1. The summed E-state index contributed by atoms with van der Waals surface area (Å²) in [6, 6.07) is 0. The molecule has 0 spiro atoms. The van der Waals surface area contributed by atoms with E-state index in [0.29, 0.717) is 17.7 Å². The highest BCUT2D eigenvalue weighted by Crippen LogP contribution is 2.28. The van der Waals surface area contributed by atoms with Gasteiger partial charge in [-0.25, -0.2) is 0 Å². The molecule has 0 aromatic rings. The lowest BCUT2D eigenvalue weighted by atomic mass is 10.0. The third-order valence-electron chi connectivity index (χ3n) is 3.91. The number of thioether (sulfide) groups is 1. The number of amides is 1. The van der Waals surface area contributed by atoms with Gasteiger partial charge in [0, 0.05) is 26.2 Å². The fourth-order valence-corrected chi connectivity index (χ4v) is 3.87. The Bertz CT molecular complexity index is 266. The first-order chi connectivity index (χ1) is 8.22. The number of rotatable bonds is 5. The number of carbonyl (C=O) groups is 1. The molecule has 2 heterocycles. The fraction of sp³-hybridized carbons (Fsp3) is 0.923. The first-order valence-corrected chi connectivity index (χ1v) is 7.88. The summed E-state index contributed by atoms with van der Waals surface area (Å²) in [7, 11) is 0. The molecule has 1 amide bonds. The summed E-state index contributed by atoms with van der Waals surface area (Å²) in [5, 5.41) is 3.56. The third kappa shape index (κ3) is 3.78. The Morgan fingerprint density at radius 3 is 2.56 bits per heavy atom. The van der Waals surface area contributed by atoms with Crippen LogP contribution >= 0.6 is 24.2 Å². The number of nitrogens with zero attached hydrogens (tertiary/aromatic N) is 1. The summed E-state index contributed by atoms with van der Waals surface area (Å²) in [5.74, 6) is 2.91. The van der Waals surface area contributed by atoms with Crippen LogP contribution in [0.5, 0.6) is 0 Å². The van der Waals surface area contributed by atoms with Crippen molar-refractivity contribution in [2.24, 2.45) is 11.8 Å². The van der Waals surface area contributed by atoms with Crippen LogP contribution in [0.3, 0.4) is 0 Å². The predicted molar refractivity (Wildman–Crippen MR) is 80.5 cm³/mol. The summed E-state index contributed by atoms with van der Waals surface area (Å²) in [4.78, 5) is 14.4. The minimum absolute atomic E-state index is 0. The molecule has 0 radical (unpaired) electrons. The van der Waals surface area contributed by atoms with Crippen molar-refractivity contribution in [3.8, 4) is 0 Å². The molecule has 0 saturated carbocycles. The zero-order valence-corrected chi connectivity index (χ0v) is 13.0. The fourth-order valence-electron chi connectivity index (χ4n) is 2.77. The number of unbranched alkanes of at least 4 members (excludes halogenated alkanes) is 1. The van der Waals surface area contributed by atoms with Crippen LogP contribution in [-0.2, 0) is 4.79 Å². The SMILES string of the molecule is CCCCSC(C)C(=O)N1C[C@H]2CNC[C@H]2C1.Cl. The Kier molecular flexibility index (Phi) is 6.82. The van der Waals surface area contributed by atoms with Gasteiger partial charge in [-0.3, -0.25) is 4.79 Å². The normalized spacial score (nSPS) is 27.8. The summed E-state index contributed by atoms with van der Waals surface area (Å²) in [6.07, 6.45) is 2.44. The van der Waals surface area contributed by atoms with Crippen LogP contribution in [0.1, 0.15) is 26.7 Å². The highest BCUT2D eigenvalue weighted by Gasteiger charge is 2.38. The topological polar surface area (TPSA) is 32.3 Å². The predicted octanol–water partition coefficient (Wildman–Crippen LogP) is 2.01. The molecule has 1 N–H and O–H groups in total. The number of hydrogen-bond acceptors (Lipinski definition) is 3. The Morgan fingerprint density at radius 1 is 1.39 bits per heavy atom. The number of halogens is 1. The average Bonchev–Trinajstić information content (AvgIpc) is 2.88. The molecule has 2 aliphatic rings. The van der Waals surface area contributed by atoms with Crippen LogP contribution in [-0.4, -0.2) is 48.0 Å². The number of nitrogens with one attached hydrogen (secondary N) is 1. The van der Waals surface area contributed by atoms with Gasteiger partial charge in [-0.05, 0) is 30.9 Å². The van der Waals surface area contributed by atoms with Gasteiger partial charge in [0.2, 0.25) is 5.91 Å². The smallest absolute Gasteiger partial charge is 0.235 e. The minimum Gasteiger partial charge on any atom is -0.341 e. The highest BCUT2D eigenvalue weighted by molar-refractivity contribution is 8.00. The van der Waals surface area contributed by atoms with Gasteiger partial charge in [0.05, 0.1) is 5.25 Å². The lowest BCUT2D eigenvalue weighted by molar-refractivity contribution is -0.129. The number of hydrogen-bond donors (Lipinski definition) is 1.